The molecule has 0 bridgehead atoms. The van der Waals surface area contributed by atoms with Gasteiger partial charge in [-0.05, 0) is 12.1 Å². The highest BCUT2D eigenvalue weighted by atomic mass is 16.2. The number of benzene rings is 1. The molecule has 1 fully saturated rings. The van der Waals surface area contributed by atoms with Crippen LogP contribution in [-0.4, -0.2) is 51.8 Å². The Morgan fingerprint density at radius 1 is 1.16 bits per heavy atom. The maximum atomic E-state index is 12.2. The van der Waals surface area contributed by atoms with Crippen molar-refractivity contribution in [2.24, 2.45) is 0 Å². The van der Waals surface area contributed by atoms with Gasteiger partial charge >= 0.3 is 0 Å². The molecule has 1 N–H and O–H groups in total. The first-order chi connectivity index (χ1) is 9.34. The molecule has 0 atom stereocenters. The summed E-state index contributed by atoms with van der Waals surface area (Å²) in [5, 5.41) is 7.46. The predicted molar refractivity (Wildman–Crippen MR) is 70.1 cm³/mol. The first-order valence-corrected chi connectivity index (χ1v) is 6.32. The lowest BCUT2D eigenvalue weighted by Gasteiger charge is -2.26. The number of aromatic nitrogens is 3. The van der Waals surface area contributed by atoms with E-state index in [9.17, 15) is 4.79 Å². The van der Waals surface area contributed by atoms with Crippen LogP contribution >= 0.6 is 0 Å². The third-order valence-electron chi connectivity index (χ3n) is 3.11. The van der Waals surface area contributed by atoms with Gasteiger partial charge in [0, 0.05) is 26.2 Å². The second-order valence-corrected chi connectivity index (χ2v) is 4.39. The van der Waals surface area contributed by atoms with Gasteiger partial charge in [-0.15, -0.1) is 5.10 Å². The Kier molecular flexibility index (Phi) is 3.24. The van der Waals surface area contributed by atoms with E-state index < -0.39 is 0 Å². The minimum absolute atomic E-state index is 0.101. The number of para-hydroxylation sites is 1. The molecule has 6 nitrogen and oxygen atoms in total. The van der Waals surface area contributed by atoms with E-state index in [1.54, 1.807) is 15.9 Å². The summed E-state index contributed by atoms with van der Waals surface area (Å²) < 4.78 is 1.62. The van der Waals surface area contributed by atoms with E-state index in [1.807, 2.05) is 30.3 Å². The number of nitrogens with zero attached hydrogens (tertiary/aromatic N) is 4. The molecule has 98 valence electrons. The number of hydrogen-bond acceptors (Lipinski definition) is 4. The van der Waals surface area contributed by atoms with Crippen molar-refractivity contribution in [1.29, 1.82) is 0 Å². The van der Waals surface area contributed by atoms with E-state index >= 15 is 0 Å². The highest BCUT2D eigenvalue weighted by Crippen LogP contribution is 2.06. The van der Waals surface area contributed by atoms with Crippen LogP contribution in [0, 0.1) is 0 Å². The number of hydrogen-bond donors (Lipinski definition) is 1. The molecule has 1 aliphatic rings. The summed E-state index contributed by atoms with van der Waals surface area (Å²) in [5.74, 6) is 0.155. The van der Waals surface area contributed by atoms with Gasteiger partial charge in [0.05, 0.1) is 5.69 Å². The number of rotatable bonds is 2. The van der Waals surface area contributed by atoms with Gasteiger partial charge < -0.3 is 10.2 Å². The van der Waals surface area contributed by atoms with Gasteiger partial charge in [0.15, 0.2) is 0 Å². The molecule has 1 aromatic heterocycles. The molecular weight excluding hydrogens is 242 g/mol. The number of amides is 1. The summed E-state index contributed by atoms with van der Waals surface area (Å²) in [6.45, 7) is 3.06. The molecule has 2 aromatic rings. The van der Waals surface area contributed by atoms with E-state index in [1.165, 1.54) is 0 Å². The normalized spacial score (nSPS) is 15.5. The molecule has 6 heteroatoms. The van der Waals surface area contributed by atoms with Crippen molar-refractivity contribution in [3.63, 3.8) is 0 Å². The Bertz CT molecular complexity index is 559. The average Bonchev–Trinajstić information content (AvgIpc) is 2.98. The fraction of sp³-hybridized carbons (Fsp3) is 0.308. The number of piperazine rings is 1. The van der Waals surface area contributed by atoms with Gasteiger partial charge in [0.1, 0.15) is 6.33 Å². The molecule has 1 amide bonds. The predicted octanol–water partition coefficient (Wildman–Crippen LogP) is 0.313. The molecule has 0 aliphatic carbocycles. The summed E-state index contributed by atoms with van der Waals surface area (Å²) in [4.78, 5) is 18.1. The highest BCUT2D eigenvalue weighted by Gasteiger charge is 2.21. The molecule has 0 radical (unpaired) electrons. The molecule has 2 heterocycles. The monoisotopic (exact) mass is 257 g/mol. The minimum atomic E-state index is -0.101. The fourth-order valence-electron chi connectivity index (χ4n) is 2.08. The maximum absolute atomic E-state index is 12.2. The lowest BCUT2D eigenvalue weighted by Crippen LogP contribution is -2.46. The van der Waals surface area contributed by atoms with E-state index in [-0.39, 0.29) is 11.7 Å². The molecular formula is C13H15N5O. The summed E-state index contributed by atoms with van der Waals surface area (Å²) in [6, 6.07) is 9.64. The highest BCUT2D eigenvalue weighted by molar-refractivity contribution is 5.90. The van der Waals surface area contributed by atoms with Gasteiger partial charge in [-0.2, -0.15) is 0 Å². The quantitative estimate of drug-likeness (QED) is 0.841. The Morgan fingerprint density at radius 3 is 2.63 bits per heavy atom. The molecule has 3 rings (SSSR count). The Labute approximate surface area is 111 Å². The van der Waals surface area contributed by atoms with E-state index in [0.717, 1.165) is 18.8 Å². The van der Waals surface area contributed by atoms with Gasteiger partial charge in [0.2, 0.25) is 5.82 Å². The van der Waals surface area contributed by atoms with Gasteiger partial charge in [-0.1, -0.05) is 18.2 Å². The van der Waals surface area contributed by atoms with Crippen LogP contribution in [0.4, 0.5) is 0 Å². The summed E-state index contributed by atoms with van der Waals surface area (Å²) in [5.41, 5.74) is 0.898. The largest absolute Gasteiger partial charge is 0.333 e. The zero-order chi connectivity index (χ0) is 13.1. The van der Waals surface area contributed by atoms with Crippen molar-refractivity contribution in [2.75, 3.05) is 26.2 Å². The third kappa shape index (κ3) is 2.48. The molecule has 1 saturated heterocycles. The van der Waals surface area contributed by atoms with E-state index in [2.05, 4.69) is 15.4 Å². The van der Waals surface area contributed by atoms with E-state index in [0.29, 0.717) is 13.1 Å². The Balaban J connectivity index is 1.79. The number of nitrogens with one attached hydrogen (secondary N) is 1. The standard InChI is InChI=1S/C13H15N5O/c19-13(17-8-6-14-7-9-17)12-15-10-18(16-12)11-4-2-1-3-5-11/h1-5,10,14H,6-9H2. The maximum Gasteiger partial charge on any atom is 0.293 e. The first-order valence-electron chi connectivity index (χ1n) is 6.32. The van der Waals surface area contributed by atoms with Crippen LogP contribution in [0.15, 0.2) is 36.7 Å². The molecule has 1 aliphatic heterocycles. The van der Waals surface area contributed by atoms with Crippen molar-refractivity contribution >= 4 is 5.91 Å². The molecule has 19 heavy (non-hydrogen) atoms. The van der Waals surface area contributed by atoms with Crippen molar-refractivity contribution in [1.82, 2.24) is 25.0 Å². The van der Waals surface area contributed by atoms with Gasteiger partial charge in [-0.3, -0.25) is 4.79 Å². The van der Waals surface area contributed by atoms with Crippen molar-refractivity contribution in [3.05, 3.63) is 42.5 Å². The van der Waals surface area contributed by atoms with Crippen LogP contribution in [0.1, 0.15) is 10.6 Å². The van der Waals surface area contributed by atoms with E-state index in [4.69, 9.17) is 0 Å². The SMILES string of the molecule is O=C(c1ncn(-c2ccccc2)n1)N1CCNCC1. The smallest absolute Gasteiger partial charge is 0.293 e. The van der Waals surface area contributed by atoms with Crippen molar-refractivity contribution in [2.45, 2.75) is 0 Å². The molecule has 0 saturated carbocycles. The lowest BCUT2D eigenvalue weighted by atomic mass is 10.3. The van der Waals surface area contributed by atoms with Crippen molar-refractivity contribution in [3.8, 4) is 5.69 Å². The van der Waals surface area contributed by atoms with Crippen LogP contribution in [-0.2, 0) is 0 Å². The number of carbonyl (C=O) groups is 1. The third-order valence-corrected chi connectivity index (χ3v) is 3.11. The zero-order valence-electron chi connectivity index (χ0n) is 10.5. The summed E-state index contributed by atoms with van der Waals surface area (Å²) in [6.07, 6.45) is 1.57. The minimum Gasteiger partial charge on any atom is -0.333 e. The molecule has 1 aromatic carbocycles. The zero-order valence-corrected chi connectivity index (χ0v) is 10.5. The molecule has 0 unspecified atom stereocenters. The first kappa shape index (κ1) is 11.9. The van der Waals surface area contributed by atoms with Crippen LogP contribution in [0.3, 0.4) is 0 Å². The van der Waals surface area contributed by atoms with Gasteiger partial charge in [-0.25, -0.2) is 9.67 Å². The Hall–Kier alpha value is -2.21. The Morgan fingerprint density at radius 2 is 1.89 bits per heavy atom. The summed E-state index contributed by atoms with van der Waals surface area (Å²) >= 11 is 0. The van der Waals surface area contributed by atoms with Crippen LogP contribution in [0.2, 0.25) is 0 Å². The van der Waals surface area contributed by atoms with Crippen LogP contribution < -0.4 is 5.32 Å². The summed E-state index contributed by atoms with van der Waals surface area (Å²) in [7, 11) is 0. The molecule has 0 spiro atoms. The average molecular weight is 257 g/mol. The van der Waals surface area contributed by atoms with Crippen LogP contribution in [0.5, 0.6) is 0 Å². The van der Waals surface area contributed by atoms with Crippen LogP contribution in [0.25, 0.3) is 5.69 Å². The lowest BCUT2D eigenvalue weighted by molar-refractivity contribution is 0.0723. The second-order valence-electron chi connectivity index (χ2n) is 4.39. The second kappa shape index (κ2) is 5.19. The topological polar surface area (TPSA) is 63.1 Å². The fourth-order valence-corrected chi connectivity index (χ4v) is 2.08. The van der Waals surface area contributed by atoms with Crippen molar-refractivity contribution < 1.29 is 4.79 Å². The number of carbonyl (C=O) groups excluding carboxylic acids is 1. The van der Waals surface area contributed by atoms with Gasteiger partial charge in [0.25, 0.3) is 5.91 Å².